The lowest BCUT2D eigenvalue weighted by molar-refractivity contribution is -0.143. The first-order valence-corrected chi connectivity index (χ1v) is 8.23. The van der Waals surface area contributed by atoms with Crippen molar-refractivity contribution in [3.8, 4) is 0 Å². The molecule has 0 fully saturated rings. The van der Waals surface area contributed by atoms with Crippen LogP contribution in [0.3, 0.4) is 0 Å². The lowest BCUT2D eigenvalue weighted by atomic mass is 10.1. The highest BCUT2D eigenvalue weighted by Crippen LogP contribution is 2.27. The molecule has 0 aliphatic carbocycles. The summed E-state index contributed by atoms with van der Waals surface area (Å²) in [6.07, 6.45) is 6.26. The zero-order valence-electron chi connectivity index (χ0n) is 13.0. The molecule has 0 bridgehead atoms. The summed E-state index contributed by atoms with van der Waals surface area (Å²) in [7, 11) is 0. The van der Waals surface area contributed by atoms with Crippen molar-refractivity contribution in [2.75, 3.05) is 6.61 Å². The maximum Gasteiger partial charge on any atom is 0.306 e. The molecule has 1 heterocycles. The molecule has 0 amide bonds. The van der Waals surface area contributed by atoms with Crippen molar-refractivity contribution in [2.45, 2.75) is 45.4 Å². The minimum Gasteiger partial charge on any atom is -0.466 e. The van der Waals surface area contributed by atoms with Crippen molar-refractivity contribution in [1.29, 1.82) is 0 Å². The van der Waals surface area contributed by atoms with Gasteiger partial charge < -0.3 is 16.2 Å². The Morgan fingerprint density at radius 1 is 1.45 bits per heavy atom. The highest BCUT2D eigenvalue weighted by atomic mass is 32.1. The molecule has 0 aromatic carbocycles. The molecule has 6 nitrogen and oxygen atoms in total. The maximum absolute atomic E-state index is 11.7. The third-order valence-corrected chi connectivity index (χ3v) is 3.95. The number of carbonyl (C=O) groups is 1. The Morgan fingerprint density at radius 3 is 2.86 bits per heavy atom. The first-order chi connectivity index (χ1) is 10.6. The smallest absolute Gasteiger partial charge is 0.306 e. The monoisotopic (exact) mass is 324 g/mol. The number of hydrogen-bond donors (Lipinski definition) is 2. The summed E-state index contributed by atoms with van der Waals surface area (Å²) >= 11 is 1.41. The second kappa shape index (κ2) is 9.94. The van der Waals surface area contributed by atoms with Crippen molar-refractivity contribution in [2.24, 2.45) is 16.5 Å². The number of ether oxygens (including phenoxy) is 1. The van der Waals surface area contributed by atoms with Crippen LogP contribution >= 0.6 is 11.3 Å². The fourth-order valence-electron chi connectivity index (χ4n) is 1.78. The fraction of sp³-hybridized carbons (Fsp3) is 0.533. The molecule has 4 N–H and O–H groups in total. The Kier molecular flexibility index (Phi) is 8.21. The van der Waals surface area contributed by atoms with Crippen molar-refractivity contribution in [3.63, 3.8) is 0 Å². The molecule has 0 spiro atoms. The van der Waals surface area contributed by atoms with Crippen LogP contribution in [0.4, 0.5) is 5.13 Å². The number of nitrogens with two attached hydrogens (primary N) is 2. The van der Waals surface area contributed by atoms with E-state index in [9.17, 15) is 4.79 Å². The Bertz CT molecular complexity index is 522. The molecule has 7 heteroatoms. The predicted octanol–water partition coefficient (Wildman–Crippen LogP) is 2.44. The normalized spacial score (nSPS) is 10.2. The summed E-state index contributed by atoms with van der Waals surface area (Å²) in [5, 5.41) is 0.522. The van der Waals surface area contributed by atoms with Gasteiger partial charge in [0.15, 0.2) is 5.96 Å². The topological polar surface area (TPSA) is 104 Å². The van der Waals surface area contributed by atoms with Crippen LogP contribution in [0.25, 0.3) is 0 Å². The molecule has 0 saturated heterocycles. The van der Waals surface area contributed by atoms with E-state index >= 15 is 0 Å². The van der Waals surface area contributed by atoms with Crippen LogP contribution in [-0.2, 0) is 22.4 Å². The molecule has 1 aromatic heterocycles. The van der Waals surface area contributed by atoms with E-state index in [1.807, 2.05) is 6.08 Å². The number of aliphatic imine (C=N–C) groups is 1. The second-order valence-electron chi connectivity index (χ2n) is 4.80. The number of esters is 1. The summed E-state index contributed by atoms with van der Waals surface area (Å²) < 4.78 is 5.16. The van der Waals surface area contributed by atoms with Gasteiger partial charge in [0.1, 0.15) is 0 Å². The van der Waals surface area contributed by atoms with Crippen LogP contribution in [0.15, 0.2) is 17.6 Å². The quantitative estimate of drug-likeness (QED) is 0.226. The molecule has 0 radical (unpaired) electrons. The zero-order chi connectivity index (χ0) is 16.4. The summed E-state index contributed by atoms with van der Waals surface area (Å²) in [6.45, 7) is 6.26. The SMILES string of the molecule is C=CCCc1nc(N=C(N)N)sc1CCC(=O)OCCCC. The van der Waals surface area contributed by atoms with Gasteiger partial charge in [-0.2, -0.15) is 4.99 Å². The predicted molar refractivity (Wildman–Crippen MR) is 90.3 cm³/mol. The fourth-order valence-corrected chi connectivity index (χ4v) is 2.77. The minimum absolute atomic E-state index is 0.0189. The number of thiazole rings is 1. The largest absolute Gasteiger partial charge is 0.466 e. The molecule has 1 aromatic rings. The number of guanidine groups is 1. The van der Waals surface area contributed by atoms with Gasteiger partial charge in [-0.15, -0.1) is 6.58 Å². The molecule has 0 atom stereocenters. The van der Waals surface area contributed by atoms with Crippen LogP contribution in [0.5, 0.6) is 0 Å². The zero-order valence-corrected chi connectivity index (χ0v) is 13.8. The number of unbranched alkanes of at least 4 members (excludes halogenated alkanes) is 1. The molecule has 0 saturated carbocycles. The number of aryl methyl sites for hydroxylation is 2. The molecule has 122 valence electrons. The number of rotatable bonds is 10. The van der Waals surface area contributed by atoms with Crippen LogP contribution in [0, 0.1) is 0 Å². The lowest BCUT2D eigenvalue weighted by Crippen LogP contribution is -2.21. The van der Waals surface area contributed by atoms with Crippen LogP contribution in [0.2, 0.25) is 0 Å². The van der Waals surface area contributed by atoms with Gasteiger partial charge >= 0.3 is 5.97 Å². The van der Waals surface area contributed by atoms with E-state index in [0.29, 0.717) is 24.6 Å². The van der Waals surface area contributed by atoms with E-state index in [0.717, 1.165) is 36.3 Å². The van der Waals surface area contributed by atoms with Gasteiger partial charge in [-0.1, -0.05) is 30.8 Å². The van der Waals surface area contributed by atoms with Gasteiger partial charge in [-0.3, -0.25) is 4.79 Å². The number of aromatic nitrogens is 1. The molecule has 0 aliphatic heterocycles. The molecular formula is C15H24N4O2S. The van der Waals surface area contributed by atoms with E-state index in [4.69, 9.17) is 16.2 Å². The third-order valence-electron chi connectivity index (χ3n) is 2.89. The van der Waals surface area contributed by atoms with E-state index in [1.165, 1.54) is 11.3 Å². The number of hydrogen-bond acceptors (Lipinski definition) is 5. The maximum atomic E-state index is 11.7. The summed E-state index contributed by atoms with van der Waals surface area (Å²) in [5.41, 5.74) is 11.7. The van der Waals surface area contributed by atoms with E-state index < -0.39 is 0 Å². The first-order valence-electron chi connectivity index (χ1n) is 7.41. The summed E-state index contributed by atoms with van der Waals surface area (Å²) in [5.74, 6) is -0.200. The van der Waals surface area contributed by atoms with Crippen molar-refractivity contribution in [1.82, 2.24) is 4.98 Å². The van der Waals surface area contributed by atoms with Crippen LogP contribution in [0.1, 0.15) is 43.2 Å². The summed E-state index contributed by atoms with van der Waals surface area (Å²) in [4.78, 5) is 21.1. The van der Waals surface area contributed by atoms with Crippen molar-refractivity contribution in [3.05, 3.63) is 23.2 Å². The van der Waals surface area contributed by atoms with Crippen molar-refractivity contribution >= 4 is 28.4 Å². The average Bonchev–Trinajstić information content (AvgIpc) is 2.84. The van der Waals surface area contributed by atoms with Gasteiger partial charge in [0.05, 0.1) is 18.7 Å². The van der Waals surface area contributed by atoms with E-state index in [-0.39, 0.29) is 11.9 Å². The number of allylic oxidation sites excluding steroid dienone is 1. The Labute approximate surface area is 135 Å². The van der Waals surface area contributed by atoms with Gasteiger partial charge in [0.2, 0.25) is 5.13 Å². The first kappa shape index (κ1) is 18.2. The number of carbonyl (C=O) groups excluding carboxylic acids is 1. The second-order valence-corrected chi connectivity index (χ2v) is 5.87. The average molecular weight is 324 g/mol. The Balaban J connectivity index is 2.66. The van der Waals surface area contributed by atoms with E-state index in [2.05, 4.69) is 23.5 Å². The van der Waals surface area contributed by atoms with E-state index in [1.54, 1.807) is 0 Å². The van der Waals surface area contributed by atoms with Crippen LogP contribution < -0.4 is 11.5 Å². The van der Waals surface area contributed by atoms with Gasteiger partial charge in [-0.05, 0) is 25.7 Å². The van der Waals surface area contributed by atoms with Gasteiger partial charge in [0.25, 0.3) is 0 Å². The third kappa shape index (κ3) is 6.71. The highest BCUT2D eigenvalue weighted by molar-refractivity contribution is 7.15. The lowest BCUT2D eigenvalue weighted by Gasteiger charge is -2.03. The highest BCUT2D eigenvalue weighted by Gasteiger charge is 2.13. The summed E-state index contributed by atoms with van der Waals surface area (Å²) in [6, 6.07) is 0. The Hall–Kier alpha value is -1.89. The standard InChI is InChI=1S/C15H24N4O2S/c1-3-5-7-11-12(22-15(18-11)19-14(16)17)8-9-13(20)21-10-6-4-2/h3H,1,4-10H2,2H3,(H4,16,17,18,19). The number of nitrogens with zero attached hydrogens (tertiary/aromatic N) is 2. The van der Waals surface area contributed by atoms with Gasteiger partial charge in [-0.25, -0.2) is 4.98 Å². The van der Waals surface area contributed by atoms with Gasteiger partial charge in [0, 0.05) is 4.88 Å². The molecule has 22 heavy (non-hydrogen) atoms. The minimum atomic E-state index is -0.181. The molecule has 0 unspecified atom stereocenters. The molecular weight excluding hydrogens is 300 g/mol. The molecule has 1 rings (SSSR count). The molecule has 0 aliphatic rings. The van der Waals surface area contributed by atoms with Crippen molar-refractivity contribution < 1.29 is 9.53 Å². The Morgan fingerprint density at radius 2 is 2.23 bits per heavy atom. The van der Waals surface area contributed by atoms with Crippen LogP contribution in [-0.4, -0.2) is 23.5 Å².